The number of para-hydroxylation sites is 1. The molecule has 0 radical (unpaired) electrons. The molecule has 0 saturated carbocycles. The van der Waals surface area contributed by atoms with E-state index in [-0.39, 0.29) is 12.6 Å². The lowest BCUT2D eigenvalue weighted by Gasteiger charge is -2.09. The van der Waals surface area contributed by atoms with E-state index in [0.29, 0.717) is 12.3 Å². The highest BCUT2D eigenvalue weighted by Gasteiger charge is 2.18. The molecule has 164 valence electrons. The molecule has 4 nitrogen and oxygen atoms in total. The predicted molar refractivity (Wildman–Crippen MR) is 128 cm³/mol. The van der Waals surface area contributed by atoms with Gasteiger partial charge in [-0.25, -0.2) is 4.79 Å². The number of esters is 1. The number of carbonyl (C=O) groups is 1. The third-order valence-corrected chi connectivity index (χ3v) is 5.59. The smallest absolute Gasteiger partial charge is 0.355 e. The van der Waals surface area contributed by atoms with Crippen molar-refractivity contribution in [3.63, 3.8) is 0 Å². The molecular formula is C28H29NO3. The summed E-state index contributed by atoms with van der Waals surface area (Å²) in [5.41, 5.74) is 4.66. The van der Waals surface area contributed by atoms with E-state index in [1.54, 1.807) is 0 Å². The normalized spacial score (nSPS) is 10.9. The summed E-state index contributed by atoms with van der Waals surface area (Å²) in [6.45, 7) is 2.93. The highest BCUT2D eigenvalue weighted by atomic mass is 16.5. The van der Waals surface area contributed by atoms with E-state index in [9.17, 15) is 4.79 Å². The number of carbonyl (C=O) groups excluding carboxylic acids is 1. The van der Waals surface area contributed by atoms with Crippen molar-refractivity contribution >= 4 is 16.9 Å². The van der Waals surface area contributed by atoms with Gasteiger partial charge in [0.05, 0.1) is 0 Å². The number of aromatic nitrogens is 1. The van der Waals surface area contributed by atoms with Crippen LogP contribution in [0.1, 0.15) is 53.4 Å². The maximum absolute atomic E-state index is 12.9. The maximum Gasteiger partial charge on any atom is 0.355 e. The largest absolute Gasteiger partial charge is 0.489 e. The van der Waals surface area contributed by atoms with Crippen LogP contribution in [0.5, 0.6) is 5.75 Å². The average Bonchev–Trinajstić information content (AvgIpc) is 3.21. The first-order valence-corrected chi connectivity index (χ1v) is 11.3. The van der Waals surface area contributed by atoms with E-state index in [1.165, 1.54) is 0 Å². The maximum atomic E-state index is 12.9. The van der Waals surface area contributed by atoms with Crippen LogP contribution in [-0.2, 0) is 24.4 Å². The van der Waals surface area contributed by atoms with E-state index >= 15 is 0 Å². The van der Waals surface area contributed by atoms with E-state index in [1.807, 2.05) is 72.8 Å². The van der Waals surface area contributed by atoms with Gasteiger partial charge in [-0.2, -0.15) is 0 Å². The molecule has 4 rings (SSSR count). The van der Waals surface area contributed by atoms with Crippen LogP contribution in [0.2, 0.25) is 0 Å². The summed E-state index contributed by atoms with van der Waals surface area (Å²) in [7, 11) is 0. The minimum absolute atomic E-state index is 0.224. The van der Waals surface area contributed by atoms with E-state index in [0.717, 1.165) is 59.0 Å². The van der Waals surface area contributed by atoms with Crippen molar-refractivity contribution in [2.75, 3.05) is 0 Å². The van der Waals surface area contributed by atoms with Gasteiger partial charge in [0, 0.05) is 10.9 Å². The molecule has 0 aliphatic heterocycles. The molecule has 0 aliphatic rings. The molecule has 32 heavy (non-hydrogen) atoms. The van der Waals surface area contributed by atoms with Crippen LogP contribution >= 0.6 is 0 Å². The Morgan fingerprint density at radius 2 is 1.53 bits per heavy atom. The highest BCUT2D eigenvalue weighted by Crippen LogP contribution is 2.25. The summed E-state index contributed by atoms with van der Waals surface area (Å²) in [6, 6.07) is 25.8. The number of aryl methyl sites for hydroxylation is 1. The van der Waals surface area contributed by atoms with Gasteiger partial charge in [-0.15, -0.1) is 0 Å². The Labute approximate surface area is 189 Å². The van der Waals surface area contributed by atoms with Crippen molar-refractivity contribution in [3.05, 3.63) is 101 Å². The Hall–Kier alpha value is -3.53. The molecule has 4 heteroatoms. The monoisotopic (exact) mass is 427 g/mol. The minimum Gasteiger partial charge on any atom is -0.489 e. The van der Waals surface area contributed by atoms with Gasteiger partial charge in [-0.3, -0.25) is 0 Å². The van der Waals surface area contributed by atoms with Gasteiger partial charge in [0.25, 0.3) is 0 Å². The second-order valence-corrected chi connectivity index (χ2v) is 7.98. The van der Waals surface area contributed by atoms with Gasteiger partial charge in [-0.05, 0) is 47.7 Å². The molecule has 0 fully saturated rings. The summed E-state index contributed by atoms with van der Waals surface area (Å²) in [5.74, 6) is 0.481. The van der Waals surface area contributed by atoms with Crippen LogP contribution in [0, 0.1) is 0 Å². The Morgan fingerprint density at radius 1 is 0.812 bits per heavy atom. The Balaban J connectivity index is 1.38. The molecule has 3 aromatic carbocycles. The average molecular weight is 428 g/mol. The zero-order valence-electron chi connectivity index (χ0n) is 18.5. The number of rotatable bonds is 10. The third-order valence-electron chi connectivity index (χ3n) is 5.59. The molecule has 1 aromatic heterocycles. The summed E-state index contributed by atoms with van der Waals surface area (Å²) in [5, 5.41) is 1.11. The molecule has 0 spiro atoms. The van der Waals surface area contributed by atoms with Crippen LogP contribution in [-0.4, -0.2) is 11.0 Å². The predicted octanol–water partition coefficient (Wildman–Crippen LogP) is 6.84. The van der Waals surface area contributed by atoms with Crippen molar-refractivity contribution < 1.29 is 14.3 Å². The van der Waals surface area contributed by atoms with Crippen LogP contribution in [0.25, 0.3) is 10.9 Å². The van der Waals surface area contributed by atoms with Gasteiger partial charge < -0.3 is 14.5 Å². The molecule has 0 unspecified atom stereocenters. The van der Waals surface area contributed by atoms with Crippen LogP contribution in [0.15, 0.2) is 78.9 Å². The van der Waals surface area contributed by atoms with Crippen LogP contribution in [0.4, 0.5) is 0 Å². The number of aromatic amines is 1. The van der Waals surface area contributed by atoms with Crippen LogP contribution in [0.3, 0.4) is 0 Å². The second kappa shape index (κ2) is 10.7. The van der Waals surface area contributed by atoms with Gasteiger partial charge in [-0.1, -0.05) is 80.4 Å². The zero-order valence-corrected chi connectivity index (χ0v) is 18.5. The first kappa shape index (κ1) is 21.7. The quantitative estimate of drug-likeness (QED) is 0.223. The topological polar surface area (TPSA) is 51.3 Å². The first-order chi connectivity index (χ1) is 15.7. The SMILES string of the molecule is CCCCCc1c(C(=O)OCc2ccc(OCc3ccccc3)cc2)[nH]c2ccccc12. The minimum atomic E-state index is -0.308. The molecule has 4 aromatic rings. The molecule has 1 N–H and O–H groups in total. The number of nitrogens with one attached hydrogen (secondary N) is 1. The number of ether oxygens (including phenoxy) is 2. The number of hydrogen-bond donors (Lipinski definition) is 1. The van der Waals surface area contributed by atoms with Crippen molar-refractivity contribution in [2.24, 2.45) is 0 Å². The fourth-order valence-corrected chi connectivity index (χ4v) is 3.83. The number of H-pyrrole nitrogens is 1. The number of hydrogen-bond acceptors (Lipinski definition) is 3. The van der Waals surface area contributed by atoms with E-state index in [4.69, 9.17) is 9.47 Å². The number of fused-ring (bicyclic) bond motifs is 1. The fourth-order valence-electron chi connectivity index (χ4n) is 3.83. The van der Waals surface area contributed by atoms with Gasteiger partial charge in [0.15, 0.2) is 0 Å². The molecule has 1 heterocycles. The molecule has 0 aliphatic carbocycles. The Morgan fingerprint density at radius 3 is 2.31 bits per heavy atom. The first-order valence-electron chi connectivity index (χ1n) is 11.3. The van der Waals surface area contributed by atoms with Gasteiger partial charge >= 0.3 is 5.97 Å². The van der Waals surface area contributed by atoms with Gasteiger partial charge in [0.2, 0.25) is 0 Å². The van der Waals surface area contributed by atoms with Crippen LogP contribution < -0.4 is 4.74 Å². The lowest BCUT2D eigenvalue weighted by molar-refractivity contribution is 0.0465. The van der Waals surface area contributed by atoms with E-state index < -0.39 is 0 Å². The van der Waals surface area contributed by atoms with Crippen molar-refractivity contribution in [2.45, 2.75) is 45.8 Å². The summed E-state index contributed by atoms with van der Waals surface area (Å²) in [4.78, 5) is 16.2. The zero-order chi connectivity index (χ0) is 22.2. The second-order valence-electron chi connectivity index (χ2n) is 7.98. The standard InChI is InChI=1S/C28H29NO3/c1-2-3-5-13-25-24-12-8-9-14-26(24)29-27(25)28(30)32-20-22-15-17-23(18-16-22)31-19-21-10-6-4-7-11-21/h4,6-12,14-18,29H,2-3,5,13,19-20H2,1H3. The molecule has 0 atom stereocenters. The summed E-state index contributed by atoms with van der Waals surface area (Å²) < 4.78 is 11.5. The van der Waals surface area contributed by atoms with Crippen molar-refractivity contribution in [3.8, 4) is 5.75 Å². The highest BCUT2D eigenvalue weighted by molar-refractivity contribution is 5.98. The Bertz CT molecular complexity index is 1150. The lowest BCUT2D eigenvalue weighted by Crippen LogP contribution is -2.08. The fraction of sp³-hybridized carbons (Fsp3) is 0.250. The molecule has 0 saturated heterocycles. The molecular weight excluding hydrogens is 398 g/mol. The lowest BCUT2D eigenvalue weighted by atomic mass is 10.0. The number of unbranched alkanes of at least 4 members (excludes halogenated alkanes) is 2. The summed E-state index contributed by atoms with van der Waals surface area (Å²) in [6.07, 6.45) is 4.22. The van der Waals surface area contributed by atoms with Gasteiger partial charge in [0.1, 0.15) is 24.7 Å². The van der Waals surface area contributed by atoms with Crippen molar-refractivity contribution in [1.29, 1.82) is 0 Å². The third kappa shape index (κ3) is 5.38. The van der Waals surface area contributed by atoms with E-state index in [2.05, 4.69) is 18.0 Å². The number of benzene rings is 3. The molecule has 0 bridgehead atoms. The van der Waals surface area contributed by atoms with Crippen molar-refractivity contribution in [1.82, 2.24) is 4.98 Å². The summed E-state index contributed by atoms with van der Waals surface area (Å²) >= 11 is 0. The Kier molecular flexibility index (Phi) is 7.23. The molecule has 0 amide bonds.